The average Bonchev–Trinajstić information content (AvgIpc) is 2.74. The molecular weight excluding hydrogens is 246 g/mol. The Hall–Kier alpha value is -0.650. The van der Waals surface area contributed by atoms with Gasteiger partial charge in [0, 0.05) is 25.4 Å². The molecule has 0 aliphatic carbocycles. The van der Waals surface area contributed by atoms with Crippen LogP contribution in [0.25, 0.3) is 0 Å². The molecule has 1 amide bonds. The predicted octanol–water partition coefficient (Wildman–Crippen LogP) is 1.10. The van der Waals surface area contributed by atoms with E-state index in [-0.39, 0.29) is 5.91 Å². The number of carbonyl (C=O) groups is 1. The molecule has 1 N–H and O–H groups in total. The van der Waals surface area contributed by atoms with E-state index in [4.69, 9.17) is 11.6 Å². The van der Waals surface area contributed by atoms with Crippen LogP contribution in [-0.4, -0.2) is 43.0 Å². The summed E-state index contributed by atoms with van der Waals surface area (Å²) in [5.74, 6) is 0.494. The molecule has 0 radical (unpaired) electrons. The second kappa shape index (κ2) is 6.83. The second-order valence-corrected chi connectivity index (χ2v) is 4.74. The maximum absolute atomic E-state index is 11.1. The van der Waals surface area contributed by atoms with E-state index in [1.54, 1.807) is 18.4 Å². The Morgan fingerprint density at radius 2 is 2.44 bits per heavy atom. The molecule has 0 atom stereocenters. The summed E-state index contributed by atoms with van der Waals surface area (Å²) < 4.78 is 0. The first-order valence-electron chi connectivity index (χ1n) is 5.04. The molecule has 0 fully saturated rings. The monoisotopic (exact) mass is 261 g/mol. The number of rotatable bonds is 6. The molecule has 0 spiro atoms. The first-order valence-corrected chi connectivity index (χ1v) is 6.45. The third-order valence-electron chi connectivity index (χ3n) is 2.14. The largest absolute Gasteiger partial charge is 0.358 e. The highest BCUT2D eigenvalue weighted by atomic mass is 35.5. The van der Waals surface area contributed by atoms with Crippen molar-refractivity contribution in [2.75, 3.05) is 27.2 Å². The fourth-order valence-electron chi connectivity index (χ4n) is 1.21. The second-order valence-electron chi connectivity index (χ2n) is 3.53. The lowest BCUT2D eigenvalue weighted by Gasteiger charge is -2.14. The van der Waals surface area contributed by atoms with Crippen molar-refractivity contribution in [3.63, 3.8) is 0 Å². The molecule has 0 bridgehead atoms. The van der Waals surface area contributed by atoms with Crippen molar-refractivity contribution in [1.29, 1.82) is 0 Å². The van der Waals surface area contributed by atoms with Gasteiger partial charge in [-0.25, -0.2) is 4.98 Å². The third-order valence-corrected chi connectivity index (χ3v) is 3.37. The summed E-state index contributed by atoms with van der Waals surface area (Å²) in [6.45, 7) is 1.24. The van der Waals surface area contributed by atoms with Crippen LogP contribution in [0.15, 0.2) is 5.38 Å². The topological polar surface area (TPSA) is 45.2 Å². The Morgan fingerprint density at radius 3 is 3.00 bits per heavy atom. The van der Waals surface area contributed by atoms with E-state index in [1.165, 1.54) is 0 Å². The van der Waals surface area contributed by atoms with Gasteiger partial charge in [-0.2, -0.15) is 0 Å². The van der Waals surface area contributed by atoms with Crippen LogP contribution >= 0.6 is 22.9 Å². The molecule has 1 aromatic heterocycles. The molecule has 0 aliphatic rings. The summed E-state index contributed by atoms with van der Waals surface area (Å²) in [5.41, 5.74) is 0.927. The minimum absolute atomic E-state index is 0.0306. The number of likely N-dealkylation sites (N-methyl/N-ethyl adjacent to an activating group) is 2. The minimum Gasteiger partial charge on any atom is -0.358 e. The molecule has 4 nitrogen and oxygen atoms in total. The molecule has 1 rings (SSSR count). The number of thiazole rings is 1. The molecule has 1 heterocycles. The zero-order chi connectivity index (χ0) is 12.0. The molecule has 0 aliphatic heterocycles. The van der Waals surface area contributed by atoms with E-state index >= 15 is 0 Å². The van der Waals surface area contributed by atoms with E-state index in [1.807, 2.05) is 17.3 Å². The predicted molar refractivity (Wildman–Crippen MR) is 66.9 cm³/mol. The molecule has 6 heteroatoms. The highest BCUT2D eigenvalue weighted by molar-refractivity contribution is 7.09. The van der Waals surface area contributed by atoms with Crippen molar-refractivity contribution in [3.05, 3.63) is 16.1 Å². The normalized spacial score (nSPS) is 10.8. The minimum atomic E-state index is 0.0306. The zero-order valence-electron chi connectivity index (χ0n) is 9.49. The lowest BCUT2D eigenvalue weighted by Crippen LogP contribution is -2.34. The summed E-state index contributed by atoms with van der Waals surface area (Å²) >= 11 is 7.29. The SMILES string of the molecule is CNC(=O)CN(C)CCc1nc(CCl)cs1. The number of nitrogens with zero attached hydrogens (tertiary/aromatic N) is 2. The van der Waals surface area contributed by atoms with E-state index < -0.39 is 0 Å². The molecule has 0 saturated carbocycles. The Bertz CT molecular complexity index is 343. The standard InChI is InChI=1S/C10H16ClN3OS/c1-12-9(15)6-14(2)4-3-10-13-8(5-11)7-16-10/h7H,3-6H2,1-2H3,(H,12,15). The van der Waals surface area contributed by atoms with Crippen molar-refractivity contribution in [2.24, 2.45) is 0 Å². The van der Waals surface area contributed by atoms with E-state index in [2.05, 4.69) is 10.3 Å². The van der Waals surface area contributed by atoms with E-state index in [0.717, 1.165) is 23.7 Å². The summed E-state index contributed by atoms with van der Waals surface area (Å²) in [7, 11) is 3.56. The number of halogens is 1. The smallest absolute Gasteiger partial charge is 0.233 e. The first-order chi connectivity index (χ1) is 7.65. The molecule has 0 aromatic carbocycles. The van der Waals surface area contributed by atoms with Gasteiger partial charge in [-0.05, 0) is 7.05 Å². The average molecular weight is 262 g/mol. The molecule has 90 valence electrons. The summed E-state index contributed by atoms with van der Waals surface area (Å²) in [6.07, 6.45) is 0.856. The Balaban J connectivity index is 2.31. The lowest BCUT2D eigenvalue weighted by molar-refractivity contribution is -0.121. The quantitative estimate of drug-likeness (QED) is 0.780. The van der Waals surface area contributed by atoms with E-state index in [0.29, 0.717) is 12.4 Å². The Labute approximate surface area is 105 Å². The van der Waals surface area contributed by atoms with Gasteiger partial charge in [-0.1, -0.05) is 0 Å². The highest BCUT2D eigenvalue weighted by Crippen LogP contribution is 2.12. The number of hydrogen-bond acceptors (Lipinski definition) is 4. The van der Waals surface area contributed by atoms with Gasteiger partial charge in [-0.3, -0.25) is 9.69 Å². The summed E-state index contributed by atoms with van der Waals surface area (Å²) in [5, 5.41) is 5.64. The van der Waals surface area contributed by atoms with Crippen LogP contribution in [0.5, 0.6) is 0 Å². The third kappa shape index (κ3) is 4.47. The van der Waals surface area contributed by atoms with Crippen LogP contribution < -0.4 is 5.32 Å². The molecular formula is C10H16ClN3OS. The lowest BCUT2D eigenvalue weighted by atomic mass is 10.4. The van der Waals surface area contributed by atoms with Gasteiger partial charge in [0.2, 0.25) is 5.91 Å². The van der Waals surface area contributed by atoms with Gasteiger partial charge in [0.15, 0.2) is 0 Å². The van der Waals surface area contributed by atoms with Crippen molar-refractivity contribution in [1.82, 2.24) is 15.2 Å². The number of carbonyl (C=O) groups excluding carboxylic acids is 1. The maximum atomic E-state index is 11.1. The molecule has 16 heavy (non-hydrogen) atoms. The van der Waals surface area contributed by atoms with Crippen LogP contribution in [0.3, 0.4) is 0 Å². The number of amides is 1. The number of alkyl halides is 1. The van der Waals surface area contributed by atoms with Gasteiger partial charge >= 0.3 is 0 Å². The van der Waals surface area contributed by atoms with Gasteiger partial charge in [0.05, 0.1) is 23.1 Å². The molecule has 0 saturated heterocycles. The molecule has 0 unspecified atom stereocenters. The van der Waals surface area contributed by atoms with Gasteiger partial charge in [-0.15, -0.1) is 22.9 Å². The van der Waals surface area contributed by atoms with Crippen LogP contribution in [0.2, 0.25) is 0 Å². The van der Waals surface area contributed by atoms with Crippen LogP contribution in [0.4, 0.5) is 0 Å². The Morgan fingerprint density at radius 1 is 1.69 bits per heavy atom. The van der Waals surface area contributed by atoms with E-state index in [9.17, 15) is 4.79 Å². The van der Waals surface area contributed by atoms with Crippen LogP contribution in [0, 0.1) is 0 Å². The van der Waals surface area contributed by atoms with Crippen LogP contribution in [-0.2, 0) is 17.1 Å². The fourth-order valence-corrected chi connectivity index (χ4v) is 2.23. The van der Waals surface area contributed by atoms with Gasteiger partial charge in [0.25, 0.3) is 0 Å². The van der Waals surface area contributed by atoms with Crippen molar-refractivity contribution in [3.8, 4) is 0 Å². The highest BCUT2D eigenvalue weighted by Gasteiger charge is 2.06. The molecule has 1 aromatic rings. The number of hydrogen-bond donors (Lipinski definition) is 1. The maximum Gasteiger partial charge on any atom is 0.233 e. The van der Waals surface area contributed by atoms with Gasteiger partial charge < -0.3 is 5.32 Å². The van der Waals surface area contributed by atoms with Crippen molar-refractivity contribution < 1.29 is 4.79 Å². The Kier molecular flexibility index (Phi) is 5.73. The van der Waals surface area contributed by atoms with Crippen molar-refractivity contribution in [2.45, 2.75) is 12.3 Å². The summed E-state index contributed by atoms with van der Waals surface area (Å²) in [6, 6.07) is 0. The number of aromatic nitrogens is 1. The first kappa shape index (κ1) is 13.4. The van der Waals surface area contributed by atoms with Crippen molar-refractivity contribution >= 4 is 28.8 Å². The zero-order valence-corrected chi connectivity index (χ0v) is 11.1. The number of nitrogens with one attached hydrogen (secondary N) is 1. The van der Waals surface area contributed by atoms with Crippen LogP contribution in [0.1, 0.15) is 10.7 Å². The van der Waals surface area contributed by atoms with Gasteiger partial charge in [0.1, 0.15) is 0 Å². The summed E-state index contributed by atoms with van der Waals surface area (Å²) in [4.78, 5) is 17.4. The fraction of sp³-hybridized carbons (Fsp3) is 0.600.